The fourth-order valence-corrected chi connectivity index (χ4v) is 1.43. The van der Waals surface area contributed by atoms with E-state index in [9.17, 15) is 9.59 Å². The molecule has 5 nitrogen and oxygen atoms in total. The van der Waals surface area contributed by atoms with E-state index < -0.39 is 11.4 Å². The van der Waals surface area contributed by atoms with Crippen molar-refractivity contribution in [3.05, 3.63) is 0 Å². The number of hydrogen-bond donors (Lipinski definition) is 0. The lowest BCUT2D eigenvalue weighted by Gasteiger charge is -2.24. The standard InChI is InChI=1S/C13H25NO4/c1-6-18-12(16)13(2,3)11(15)10-14(4)8-7-9-17-5/h6-10H2,1-5H3. The molecule has 106 valence electrons. The number of nitrogens with zero attached hydrogens (tertiary/aromatic N) is 1. The number of rotatable bonds is 9. The van der Waals surface area contributed by atoms with Crippen LogP contribution in [-0.2, 0) is 19.1 Å². The molecule has 18 heavy (non-hydrogen) atoms. The van der Waals surface area contributed by atoms with Gasteiger partial charge in [-0.2, -0.15) is 0 Å². The smallest absolute Gasteiger partial charge is 0.319 e. The molecule has 0 N–H and O–H groups in total. The van der Waals surface area contributed by atoms with Gasteiger partial charge < -0.3 is 9.47 Å². The van der Waals surface area contributed by atoms with Crippen LogP contribution in [0.15, 0.2) is 0 Å². The fourth-order valence-electron chi connectivity index (χ4n) is 1.43. The summed E-state index contributed by atoms with van der Waals surface area (Å²) in [5.41, 5.74) is -1.08. The van der Waals surface area contributed by atoms with Gasteiger partial charge in [0.2, 0.25) is 0 Å². The summed E-state index contributed by atoms with van der Waals surface area (Å²) in [6.45, 7) is 6.91. The number of Topliss-reactive ketones (excluding diaryl/α,β-unsaturated/α-hetero) is 1. The number of esters is 1. The van der Waals surface area contributed by atoms with Gasteiger partial charge in [0.25, 0.3) is 0 Å². The number of carbonyl (C=O) groups is 2. The average molecular weight is 259 g/mol. The van der Waals surface area contributed by atoms with E-state index >= 15 is 0 Å². The van der Waals surface area contributed by atoms with E-state index in [0.717, 1.165) is 13.0 Å². The molecule has 0 aromatic rings. The van der Waals surface area contributed by atoms with Crippen LogP contribution in [0, 0.1) is 5.41 Å². The van der Waals surface area contributed by atoms with E-state index in [1.54, 1.807) is 27.9 Å². The van der Waals surface area contributed by atoms with E-state index in [0.29, 0.717) is 13.2 Å². The van der Waals surface area contributed by atoms with Crippen molar-refractivity contribution in [3.8, 4) is 0 Å². The molecule has 0 saturated heterocycles. The lowest BCUT2D eigenvalue weighted by molar-refractivity contribution is -0.158. The van der Waals surface area contributed by atoms with Crippen molar-refractivity contribution in [1.29, 1.82) is 0 Å². The number of likely N-dealkylation sites (N-methyl/N-ethyl adjacent to an activating group) is 1. The summed E-state index contributed by atoms with van der Waals surface area (Å²) in [6.07, 6.45) is 0.861. The van der Waals surface area contributed by atoms with E-state index in [1.807, 2.05) is 11.9 Å². The summed E-state index contributed by atoms with van der Waals surface area (Å²) in [5, 5.41) is 0. The van der Waals surface area contributed by atoms with Gasteiger partial charge in [0.1, 0.15) is 5.41 Å². The van der Waals surface area contributed by atoms with Crippen molar-refractivity contribution in [2.24, 2.45) is 5.41 Å². The third-order valence-corrected chi connectivity index (χ3v) is 2.78. The maximum absolute atomic E-state index is 12.1. The quantitative estimate of drug-likeness (QED) is 0.353. The third-order valence-electron chi connectivity index (χ3n) is 2.78. The highest BCUT2D eigenvalue weighted by Gasteiger charge is 2.37. The van der Waals surface area contributed by atoms with Crippen LogP contribution in [0.2, 0.25) is 0 Å². The summed E-state index contributed by atoms with van der Waals surface area (Å²) in [7, 11) is 3.50. The molecule has 5 heteroatoms. The van der Waals surface area contributed by atoms with E-state index in [2.05, 4.69) is 0 Å². The lowest BCUT2D eigenvalue weighted by Crippen LogP contribution is -2.41. The van der Waals surface area contributed by atoms with Crippen molar-refractivity contribution < 1.29 is 19.1 Å². The Kier molecular flexibility index (Phi) is 7.78. The van der Waals surface area contributed by atoms with Gasteiger partial charge in [0.15, 0.2) is 5.78 Å². The Labute approximate surface area is 109 Å². The van der Waals surface area contributed by atoms with Crippen molar-refractivity contribution in [1.82, 2.24) is 4.90 Å². The summed E-state index contributed by atoms with van der Waals surface area (Å²) in [4.78, 5) is 25.6. The van der Waals surface area contributed by atoms with Crippen LogP contribution in [0.5, 0.6) is 0 Å². The minimum absolute atomic E-state index is 0.124. The summed E-state index contributed by atoms with van der Waals surface area (Å²) >= 11 is 0. The van der Waals surface area contributed by atoms with E-state index in [4.69, 9.17) is 9.47 Å². The molecule has 0 aliphatic carbocycles. The molecule has 0 unspecified atom stereocenters. The molecule has 0 heterocycles. The molecule has 0 fully saturated rings. The second-order valence-electron chi connectivity index (χ2n) is 4.85. The zero-order valence-corrected chi connectivity index (χ0v) is 12.1. The first-order valence-corrected chi connectivity index (χ1v) is 6.24. The molecule has 0 aliphatic heterocycles. The van der Waals surface area contributed by atoms with Gasteiger partial charge in [0.05, 0.1) is 13.2 Å². The molecule has 0 radical (unpaired) electrons. The molecule has 0 saturated carbocycles. The predicted octanol–water partition coefficient (Wildman–Crippen LogP) is 1.11. The normalized spacial score (nSPS) is 11.7. The molecular formula is C13H25NO4. The van der Waals surface area contributed by atoms with Crippen molar-refractivity contribution in [2.45, 2.75) is 27.2 Å². The Balaban J connectivity index is 4.24. The highest BCUT2D eigenvalue weighted by atomic mass is 16.5. The Morgan fingerprint density at radius 1 is 1.28 bits per heavy atom. The monoisotopic (exact) mass is 259 g/mol. The van der Waals surface area contributed by atoms with Gasteiger partial charge in [-0.3, -0.25) is 14.5 Å². The minimum atomic E-state index is -1.08. The fraction of sp³-hybridized carbons (Fsp3) is 0.846. The number of hydrogen-bond acceptors (Lipinski definition) is 5. The molecular weight excluding hydrogens is 234 g/mol. The van der Waals surface area contributed by atoms with Crippen molar-refractivity contribution in [3.63, 3.8) is 0 Å². The molecule has 0 spiro atoms. The molecule has 0 aromatic carbocycles. The third kappa shape index (κ3) is 5.60. The Hall–Kier alpha value is -0.940. The molecule has 0 rings (SSSR count). The highest BCUT2D eigenvalue weighted by molar-refractivity contribution is 6.03. The minimum Gasteiger partial charge on any atom is -0.465 e. The van der Waals surface area contributed by atoms with Gasteiger partial charge in [-0.1, -0.05) is 0 Å². The van der Waals surface area contributed by atoms with Crippen LogP contribution in [0.1, 0.15) is 27.2 Å². The molecule has 0 bridgehead atoms. The molecule has 0 amide bonds. The number of methoxy groups -OCH3 is 1. The van der Waals surface area contributed by atoms with Crippen molar-refractivity contribution >= 4 is 11.8 Å². The van der Waals surface area contributed by atoms with Crippen LogP contribution in [-0.4, -0.2) is 57.1 Å². The van der Waals surface area contributed by atoms with Crippen molar-refractivity contribution in [2.75, 3.05) is 40.5 Å². The number of ether oxygens (including phenoxy) is 2. The maximum Gasteiger partial charge on any atom is 0.319 e. The summed E-state index contributed by atoms with van der Waals surface area (Å²) in [5.74, 6) is -0.582. The van der Waals surface area contributed by atoms with Gasteiger partial charge in [-0.05, 0) is 34.2 Å². The van der Waals surface area contributed by atoms with E-state index in [1.165, 1.54) is 0 Å². The SMILES string of the molecule is CCOC(=O)C(C)(C)C(=O)CN(C)CCCOC. The molecule has 0 aromatic heterocycles. The number of carbonyl (C=O) groups excluding carboxylic acids is 2. The molecule has 0 aliphatic rings. The Morgan fingerprint density at radius 2 is 1.89 bits per heavy atom. The number of ketones is 1. The zero-order chi connectivity index (χ0) is 14.2. The van der Waals surface area contributed by atoms with Gasteiger partial charge in [-0.15, -0.1) is 0 Å². The lowest BCUT2D eigenvalue weighted by atomic mass is 9.88. The Bertz CT molecular complexity index is 276. The first-order chi connectivity index (χ1) is 8.36. The van der Waals surface area contributed by atoms with Crippen LogP contribution in [0.25, 0.3) is 0 Å². The highest BCUT2D eigenvalue weighted by Crippen LogP contribution is 2.19. The summed E-state index contributed by atoms with van der Waals surface area (Å²) in [6, 6.07) is 0. The first kappa shape index (κ1) is 17.1. The average Bonchev–Trinajstić information content (AvgIpc) is 2.29. The maximum atomic E-state index is 12.1. The second kappa shape index (κ2) is 8.21. The van der Waals surface area contributed by atoms with Gasteiger partial charge in [-0.25, -0.2) is 0 Å². The second-order valence-corrected chi connectivity index (χ2v) is 4.85. The van der Waals surface area contributed by atoms with Crippen LogP contribution in [0.4, 0.5) is 0 Å². The topological polar surface area (TPSA) is 55.8 Å². The zero-order valence-electron chi connectivity index (χ0n) is 12.1. The van der Waals surface area contributed by atoms with Gasteiger partial charge in [0, 0.05) is 20.3 Å². The largest absolute Gasteiger partial charge is 0.465 e. The summed E-state index contributed by atoms with van der Waals surface area (Å²) < 4.78 is 9.86. The van der Waals surface area contributed by atoms with Gasteiger partial charge >= 0.3 is 5.97 Å². The van der Waals surface area contributed by atoms with Crippen LogP contribution in [0.3, 0.4) is 0 Å². The van der Waals surface area contributed by atoms with E-state index in [-0.39, 0.29) is 12.3 Å². The first-order valence-electron chi connectivity index (χ1n) is 6.24. The van der Waals surface area contributed by atoms with Crippen LogP contribution >= 0.6 is 0 Å². The van der Waals surface area contributed by atoms with Crippen LogP contribution < -0.4 is 0 Å². The molecule has 0 atom stereocenters. The predicted molar refractivity (Wildman–Crippen MR) is 69.4 cm³/mol. The Morgan fingerprint density at radius 3 is 2.39 bits per heavy atom.